The Hall–Kier alpha value is -2.73. The highest BCUT2D eigenvalue weighted by molar-refractivity contribution is 7.11. The van der Waals surface area contributed by atoms with Gasteiger partial charge in [0.2, 0.25) is 0 Å². The van der Waals surface area contributed by atoms with Crippen molar-refractivity contribution < 1.29 is 9.18 Å². The van der Waals surface area contributed by atoms with Crippen LogP contribution in [0.5, 0.6) is 0 Å². The van der Waals surface area contributed by atoms with Gasteiger partial charge in [-0.25, -0.2) is 4.39 Å². The van der Waals surface area contributed by atoms with Gasteiger partial charge in [-0.05, 0) is 55.2 Å². The van der Waals surface area contributed by atoms with Crippen LogP contribution in [0.25, 0.3) is 0 Å². The molecule has 0 saturated carbocycles. The predicted molar refractivity (Wildman–Crippen MR) is 106 cm³/mol. The van der Waals surface area contributed by atoms with Gasteiger partial charge in [0, 0.05) is 12.2 Å². The highest BCUT2D eigenvalue weighted by Gasteiger charge is 2.18. The number of aryl methyl sites for hydroxylation is 2. The van der Waals surface area contributed by atoms with Crippen molar-refractivity contribution in [3.05, 3.63) is 90.8 Å². The second kappa shape index (κ2) is 7.88. The summed E-state index contributed by atoms with van der Waals surface area (Å²) in [7, 11) is 0. The van der Waals surface area contributed by atoms with E-state index in [0.717, 1.165) is 33.6 Å². The van der Waals surface area contributed by atoms with Crippen LogP contribution in [-0.2, 0) is 13.1 Å². The number of nitrogens with zero attached hydrogens (tertiary/aromatic N) is 1. The van der Waals surface area contributed by atoms with Gasteiger partial charge in [0.15, 0.2) is 0 Å². The lowest BCUT2D eigenvalue weighted by Crippen LogP contribution is -2.23. The quantitative estimate of drug-likeness (QED) is 0.724. The Labute approximate surface area is 161 Å². The van der Waals surface area contributed by atoms with E-state index in [1.165, 1.54) is 12.1 Å². The minimum Gasteiger partial charge on any atom is -0.347 e. The number of amides is 1. The van der Waals surface area contributed by atoms with Crippen molar-refractivity contribution in [1.82, 2.24) is 9.88 Å². The fourth-order valence-electron chi connectivity index (χ4n) is 2.99. The van der Waals surface area contributed by atoms with Crippen LogP contribution in [-0.4, -0.2) is 10.5 Å². The van der Waals surface area contributed by atoms with E-state index < -0.39 is 0 Å². The highest BCUT2D eigenvalue weighted by atomic mass is 32.1. The summed E-state index contributed by atoms with van der Waals surface area (Å²) in [5.74, 6) is -0.609. The summed E-state index contributed by atoms with van der Waals surface area (Å²) < 4.78 is 14.6. The van der Waals surface area contributed by atoms with Crippen molar-refractivity contribution in [1.29, 1.82) is 0 Å². The Morgan fingerprint density at radius 3 is 2.33 bits per heavy atom. The van der Waals surface area contributed by atoms with Crippen molar-refractivity contribution in [2.45, 2.75) is 33.9 Å². The van der Waals surface area contributed by atoms with Gasteiger partial charge in [0.25, 0.3) is 5.91 Å². The number of rotatable bonds is 5. The van der Waals surface area contributed by atoms with E-state index >= 15 is 0 Å². The number of carbonyl (C=O) groups is 1. The molecule has 1 amide bonds. The molecule has 2 aromatic carbocycles. The van der Waals surface area contributed by atoms with Gasteiger partial charge < -0.3 is 5.32 Å². The molecule has 0 spiro atoms. The lowest BCUT2D eigenvalue weighted by Gasteiger charge is -2.11. The zero-order valence-electron chi connectivity index (χ0n) is 15.5. The van der Waals surface area contributed by atoms with Gasteiger partial charge in [-0.1, -0.05) is 41.7 Å². The number of halogens is 1. The van der Waals surface area contributed by atoms with Crippen LogP contribution in [0, 0.1) is 26.6 Å². The number of thiazole rings is 1. The number of hydrogen-bond donors (Lipinski definition) is 1. The summed E-state index contributed by atoms with van der Waals surface area (Å²) in [4.78, 5) is 25.3. The van der Waals surface area contributed by atoms with Crippen LogP contribution in [0.3, 0.4) is 0 Å². The summed E-state index contributed by atoms with van der Waals surface area (Å²) >= 11 is 0.953. The van der Waals surface area contributed by atoms with Gasteiger partial charge in [0.1, 0.15) is 10.7 Å². The SMILES string of the molecule is Cc1cccc(C)c1Cn1c(C)c(C(=O)NCc2ccc(F)cc2)sc1=O. The standard InChI is InChI=1S/C21H21FN2O2S/c1-13-5-4-6-14(2)18(13)12-24-15(3)19(27-21(24)26)20(25)23-11-16-7-9-17(22)10-8-16/h4-10H,11-12H2,1-3H3,(H,23,25). The maximum absolute atomic E-state index is 13.0. The second-order valence-electron chi connectivity index (χ2n) is 6.55. The van der Waals surface area contributed by atoms with Crippen molar-refractivity contribution in [3.8, 4) is 0 Å². The first kappa shape index (κ1) is 19.0. The zero-order chi connectivity index (χ0) is 19.6. The molecule has 140 valence electrons. The Kier molecular flexibility index (Phi) is 5.56. The molecule has 1 heterocycles. The molecule has 3 rings (SSSR count). The molecule has 0 aliphatic rings. The Morgan fingerprint density at radius 2 is 1.70 bits per heavy atom. The van der Waals surface area contributed by atoms with E-state index in [0.29, 0.717) is 17.1 Å². The molecule has 1 N–H and O–H groups in total. The molecule has 0 saturated heterocycles. The molecule has 27 heavy (non-hydrogen) atoms. The highest BCUT2D eigenvalue weighted by Crippen LogP contribution is 2.18. The minimum atomic E-state index is -0.317. The number of hydrogen-bond acceptors (Lipinski definition) is 3. The maximum Gasteiger partial charge on any atom is 0.308 e. The Balaban J connectivity index is 1.79. The van der Waals surface area contributed by atoms with Gasteiger partial charge in [-0.3, -0.25) is 14.2 Å². The molecule has 0 aliphatic heterocycles. The summed E-state index contributed by atoms with van der Waals surface area (Å²) in [5, 5.41) is 2.80. The Morgan fingerprint density at radius 1 is 1.07 bits per heavy atom. The molecule has 1 aromatic heterocycles. The van der Waals surface area contributed by atoms with Crippen LogP contribution in [0.15, 0.2) is 47.3 Å². The summed E-state index contributed by atoms with van der Waals surface area (Å²) in [6.07, 6.45) is 0. The number of carbonyl (C=O) groups excluding carboxylic acids is 1. The molecule has 6 heteroatoms. The van der Waals surface area contributed by atoms with E-state index in [1.54, 1.807) is 23.6 Å². The molecule has 0 unspecified atom stereocenters. The Bertz CT molecular complexity index is 1020. The van der Waals surface area contributed by atoms with Crippen LogP contribution < -0.4 is 10.2 Å². The van der Waals surface area contributed by atoms with Crippen LogP contribution >= 0.6 is 11.3 Å². The first-order valence-corrected chi connectivity index (χ1v) is 9.46. The van der Waals surface area contributed by atoms with Crippen molar-refractivity contribution >= 4 is 17.2 Å². The molecule has 0 bridgehead atoms. The first-order chi connectivity index (χ1) is 12.9. The lowest BCUT2D eigenvalue weighted by atomic mass is 10.0. The van der Waals surface area contributed by atoms with E-state index in [2.05, 4.69) is 5.32 Å². The third-order valence-electron chi connectivity index (χ3n) is 4.68. The maximum atomic E-state index is 13.0. The normalized spacial score (nSPS) is 10.8. The minimum absolute atomic E-state index is 0.151. The zero-order valence-corrected chi connectivity index (χ0v) is 16.3. The lowest BCUT2D eigenvalue weighted by molar-refractivity contribution is 0.0954. The predicted octanol–water partition coefficient (Wildman–Crippen LogP) is 3.95. The number of nitrogens with one attached hydrogen (secondary N) is 1. The van der Waals surface area contributed by atoms with Crippen molar-refractivity contribution in [2.24, 2.45) is 0 Å². The fraction of sp³-hybridized carbons (Fsp3) is 0.238. The average Bonchev–Trinajstić information content (AvgIpc) is 2.92. The van der Waals surface area contributed by atoms with E-state index in [-0.39, 0.29) is 23.1 Å². The van der Waals surface area contributed by atoms with Crippen molar-refractivity contribution in [3.63, 3.8) is 0 Å². The molecule has 4 nitrogen and oxygen atoms in total. The summed E-state index contributed by atoms with van der Waals surface area (Å²) in [6, 6.07) is 12.0. The summed E-state index contributed by atoms with van der Waals surface area (Å²) in [6.45, 7) is 6.56. The number of aromatic nitrogens is 1. The molecule has 3 aromatic rings. The van der Waals surface area contributed by atoms with Gasteiger partial charge in [-0.2, -0.15) is 0 Å². The number of benzene rings is 2. The fourth-order valence-corrected chi connectivity index (χ4v) is 3.90. The molecular formula is C21H21FN2O2S. The monoisotopic (exact) mass is 384 g/mol. The topological polar surface area (TPSA) is 51.1 Å². The third-order valence-corrected chi connectivity index (χ3v) is 5.76. The third kappa shape index (κ3) is 4.17. The smallest absolute Gasteiger partial charge is 0.308 e. The average molecular weight is 384 g/mol. The van der Waals surface area contributed by atoms with E-state index in [9.17, 15) is 14.0 Å². The van der Waals surface area contributed by atoms with Crippen LogP contribution in [0.2, 0.25) is 0 Å². The van der Waals surface area contributed by atoms with E-state index in [4.69, 9.17) is 0 Å². The van der Waals surface area contributed by atoms with Gasteiger partial charge in [0.05, 0.1) is 6.54 Å². The molecule has 0 fully saturated rings. The first-order valence-electron chi connectivity index (χ1n) is 8.64. The van der Waals surface area contributed by atoms with Gasteiger partial charge in [-0.15, -0.1) is 0 Å². The van der Waals surface area contributed by atoms with Gasteiger partial charge >= 0.3 is 4.87 Å². The van der Waals surface area contributed by atoms with Crippen LogP contribution in [0.4, 0.5) is 4.39 Å². The van der Waals surface area contributed by atoms with E-state index in [1.807, 2.05) is 32.0 Å². The second-order valence-corrected chi connectivity index (χ2v) is 7.51. The molecular weight excluding hydrogens is 363 g/mol. The van der Waals surface area contributed by atoms with Crippen LogP contribution in [0.1, 0.15) is 37.6 Å². The molecule has 0 aliphatic carbocycles. The summed E-state index contributed by atoms with van der Waals surface area (Å²) in [5.41, 5.74) is 4.79. The molecule has 0 atom stereocenters. The largest absolute Gasteiger partial charge is 0.347 e. The van der Waals surface area contributed by atoms with Crippen molar-refractivity contribution in [2.75, 3.05) is 0 Å². The molecule has 0 radical (unpaired) electrons.